The second-order valence-corrected chi connectivity index (χ2v) is 4.16. The molecule has 0 spiro atoms. The summed E-state index contributed by atoms with van der Waals surface area (Å²) in [6.07, 6.45) is 0.502. The lowest BCUT2D eigenvalue weighted by Gasteiger charge is -2.35. The molecule has 0 bridgehead atoms. The molecule has 1 fully saturated rings. The van der Waals surface area contributed by atoms with Crippen LogP contribution in [0.4, 0.5) is 0 Å². The van der Waals surface area contributed by atoms with Crippen LogP contribution >= 0.6 is 0 Å². The molecule has 0 unspecified atom stereocenters. The van der Waals surface area contributed by atoms with Gasteiger partial charge in [-0.25, -0.2) is 0 Å². The lowest BCUT2D eigenvalue weighted by Crippen LogP contribution is -3.19. The van der Waals surface area contributed by atoms with E-state index in [0.29, 0.717) is 0 Å². The largest absolute Gasteiger partial charge is 0.364 e. The van der Waals surface area contributed by atoms with Gasteiger partial charge in [0, 0.05) is 7.05 Å². The quantitative estimate of drug-likeness (QED) is 0.590. The summed E-state index contributed by atoms with van der Waals surface area (Å²) < 4.78 is 5.63. The van der Waals surface area contributed by atoms with Crippen LogP contribution in [-0.4, -0.2) is 44.3 Å². The number of ether oxygens (including phenoxy) is 1. The number of likely N-dealkylation sites (N-methyl/N-ethyl adjacent to an activating group) is 1. The maximum absolute atomic E-state index is 11.5. The predicted molar refractivity (Wildman–Crippen MR) is 54.2 cm³/mol. The van der Waals surface area contributed by atoms with E-state index < -0.39 is 0 Å². The fourth-order valence-electron chi connectivity index (χ4n) is 2.07. The maximum atomic E-state index is 11.5. The lowest BCUT2D eigenvalue weighted by atomic mass is 10.1. The van der Waals surface area contributed by atoms with Crippen molar-refractivity contribution in [2.45, 2.75) is 39.0 Å². The van der Waals surface area contributed by atoms with Crippen molar-refractivity contribution in [2.24, 2.45) is 0 Å². The van der Waals surface area contributed by atoms with E-state index in [-0.39, 0.29) is 24.2 Å². The summed E-state index contributed by atoms with van der Waals surface area (Å²) in [5, 5.41) is 2.69. The number of carbonyl (C=O) groups is 1. The van der Waals surface area contributed by atoms with Crippen molar-refractivity contribution in [3.8, 4) is 0 Å². The van der Waals surface area contributed by atoms with Crippen molar-refractivity contribution in [3.05, 3.63) is 0 Å². The highest BCUT2D eigenvalue weighted by Crippen LogP contribution is 1.99. The smallest absolute Gasteiger partial charge is 0.277 e. The van der Waals surface area contributed by atoms with Crippen LogP contribution < -0.4 is 10.2 Å². The Balaban J connectivity index is 2.54. The number of quaternary nitrogens is 1. The number of morpholine rings is 1. The Kier molecular flexibility index (Phi) is 3.89. The van der Waals surface area contributed by atoms with Gasteiger partial charge in [0.2, 0.25) is 0 Å². The molecule has 0 aromatic rings. The summed E-state index contributed by atoms with van der Waals surface area (Å²) in [5.41, 5.74) is 0. The molecule has 0 aromatic carbocycles. The Morgan fingerprint density at radius 2 is 1.93 bits per heavy atom. The van der Waals surface area contributed by atoms with Crippen LogP contribution in [0.5, 0.6) is 0 Å². The molecule has 4 heteroatoms. The molecule has 1 saturated heterocycles. The molecular weight excluding hydrogens is 180 g/mol. The van der Waals surface area contributed by atoms with Crippen LogP contribution in [0.25, 0.3) is 0 Å². The third-order valence-electron chi connectivity index (χ3n) is 2.82. The highest BCUT2D eigenvalue weighted by Gasteiger charge is 2.32. The third kappa shape index (κ3) is 2.69. The number of amides is 1. The monoisotopic (exact) mass is 201 g/mol. The molecule has 4 nitrogen and oxygen atoms in total. The SMILES string of the molecule is CNC(=O)[C@H](C)[NH+]1C[C@H](C)O[C@@H](C)C1. The molecule has 1 rings (SSSR count). The molecule has 1 heterocycles. The molecule has 0 radical (unpaired) electrons. The fraction of sp³-hybridized carbons (Fsp3) is 0.900. The van der Waals surface area contributed by atoms with E-state index in [1.807, 2.05) is 6.92 Å². The first kappa shape index (κ1) is 11.5. The molecule has 0 aromatic heterocycles. The van der Waals surface area contributed by atoms with Crippen LogP contribution in [0.3, 0.4) is 0 Å². The summed E-state index contributed by atoms with van der Waals surface area (Å²) in [7, 11) is 1.69. The Bertz CT molecular complexity index is 198. The van der Waals surface area contributed by atoms with Crippen molar-refractivity contribution >= 4 is 5.91 Å². The molecule has 0 saturated carbocycles. The highest BCUT2D eigenvalue weighted by molar-refractivity contribution is 5.79. The molecule has 1 aliphatic heterocycles. The normalized spacial score (nSPS) is 35.0. The number of nitrogens with one attached hydrogen (secondary N) is 2. The fourth-order valence-corrected chi connectivity index (χ4v) is 2.07. The maximum Gasteiger partial charge on any atom is 0.277 e. The van der Waals surface area contributed by atoms with Crippen LogP contribution in [0.15, 0.2) is 0 Å². The summed E-state index contributed by atoms with van der Waals surface area (Å²) >= 11 is 0. The van der Waals surface area contributed by atoms with E-state index in [9.17, 15) is 4.79 Å². The summed E-state index contributed by atoms with van der Waals surface area (Å²) in [6.45, 7) is 7.93. The van der Waals surface area contributed by atoms with Gasteiger partial charge in [0.15, 0.2) is 6.04 Å². The topological polar surface area (TPSA) is 42.8 Å². The Hall–Kier alpha value is -0.610. The van der Waals surface area contributed by atoms with Gasteiger partial charge in [-0.1, -0.05) is 0 Å². The molecule has 82 valence electrons. The van der Waals surface area contributed by atoms with Gasteiger partial charge >= 0.3 is 0 Å². The Labute approximate surface area is 85.6 Å². The first-order chi connectivity index (χ1) is 6.54. The van der Waals surface area contributed by atoms with Crippen LogP contribution in [0.2, 0.25) is 0 Å². The van der Waals surface area contributed by atoms with Crippen molar-refractivity contribution in [1.82, 2.24) is 5.32 Å². The van der Waals surface area contributed by atoms with E-state index in [1.165, 1.54) is 4.90 Å². The van der Waals surface area contributed by atoms with Crippen LogP contribution in [0, 0.1) is 0 Å². The highest BCUT2D eigenvalue weighted by atomic mass is 16.5. The average Bonchev–Trinajstić information content (AvgIpc) is 2.14. The van der Waals surface area contributed by atoms with Gasteiger partial charge in [-0.05, 0) is 20.8 Å². The van der Waals surface area contributed by atoms with Crippen LogP contribution in [0.1, 0.15) is 20.8 Å². The van der Waals surface area contributed by atoms with E-state index in [1.54, 1.807) is 7.05 Å². The molecular formula is C10H21N2O2+. The van der Waals surface area contributed by atoms with Crippen molar-refractivity contribution in [1.29, 1.82) is 0 Å². The Morgan fingerprint density at radius 1 is 1.43 bits per heavy atom. The summed E-state index contributed by atoms with van der Waals surface area (Å²) in [5.74, 6) is 0.112. The molecule has 0 aliphatic carbocycles. The van der Waals surface area contributed by atoms with Gasteiger partial charge in [-0.2, -0.15) is 0 Å². The zero-order chi connectivity index (χ0) is 10.7. The first-order valence-electron chi connectivity index (χ1n) is 5.26. The van der Waals surface area contributed by atoms with Crippen molar-refractivity contribution in [2.75, 3.05) is 20.1 Å². The number of carbonyl (C=O) groups excluding carboxylic acids is 1. The zero-order valence-corrected chi connectivity index (χ0v) is 9.46. The standard InChI is InChI=1S/C10H20N2O2/c1-7-5-12(6-8(2)14-7)9(3)10(13)11-4/h7-9H,5-6H2,1-4H3,(H,11,13)/p+1/t7-,8-,9-/m0/s1. The predicted octanol–water partition coefficient (Wildman–Crippen LogP) is -1.19. The number of rotatable bonds is 2. The van der Waals surface area contributed by atoms with Gasteiger partial charge in [-0.3, -0.25) is 4.79 Å². The minimum absolute atomic E-state index is 0.0220. The Morgan fingerprint density at radius 3 is 2.36 bits per heavy atom. The van der Waals surface area contributed by atoms with Crippen molar-refractivity contribution in [3.63, 3.8) is 0 Å². The minimum atomic E-state index is 0.0220. The summed E-state index contributed by atoms with van der Waals surface area (Å²) in [4.78, 5) is 12.8. The zero-order valence-electron chi connectivity index (χ0n) is 9.46. The van der Waals surface area contributed by atoms with Crippen molar-refractivity contribution < 1.29 is 14.4 Å². The first-order valence-corrected chi connectivity index (χ1v) is 5.26. The van der Waals surface area contributed by atoms with E-state index >= 15 is 0 Å². The molecule has 1 aliphatic rings. The third-order valence-corrected chi connectivity index (χ3v) is 2.82. The molecule has 1 amide bonds. The van der Waals surface area contributed by atoms with E-state index in [0.717, 1.165) is 13.1 Å². The van der Waals surface area contributed by atoms with Gasteiger partial charge in [0.1, 0.15) is 25.3 Å². The number of hydrogen-bond donors (Lipinski definition) is 2. The van der Waals surface area contributed by atoms with Crippen LogP contribution in [-0.2, 0) is 9.53 Å². The minimum Gasteiger partial charge on any atom is -0.364 e. The second kappa shape index (κ2) is 4.75. The molecule has 3 atom stereocenters. The van der Waals surface area contributed by atoms with Gasteiger partial charge < -0.3 is 15.0 Å². The van der Waals surface area contributed by atoms with Gasteiger partial charge in [-0.15, -0.1) is 0 Å². The molecule has 2 N–H and O–H groups in total. The van der Waals surface area contributed by atoms with Gasteiger partial charge in [0.05, 0.1) is 0 Å². The van der Waals surface area contributed by atoms with E-state index in [2.05, 4.69) is 19.2 Å². The second-order valence-electron chi connectivity index (χ2n) is 4.16. The van der Waals surface area contributed by atoms with E-state index in [4.69, 9.17) is 4.74 Å². The molecule has 14 heavy (non-hydrogen) atoms. The lowest BCUT2D eigenvalue weighted by molar-refractivity contribution is -0.928. The summed E-state index contributed by atoms with van der Waals surface area (Å²) in [6, 6.07) is 0.0220. The van der Waals surface area contributed by atoms with Gasteiger partial charge in [0.25, 0.3) is 5.91 Å². The average molecular weight is 201 g/mol. The number of hydrogen-bond acceptors (Lipinski definition) is 2.